The third kappa shape index (κ3) is 2.88. The largest absolute Gasteiger partial charge is 0.508 e. The average molecular weight is 400 g/mol. The van der Waals surface area contributed by atoms with Gasteiger partial charge in [-0.05, 0) is 29.1 Å². The number of phenols is 5. The van der Waals surface area contributed by atoms with Crippen LogP contribution >= 0.6 is 0 Å². The van der Waals surface area contributed by atoms with Gasteiger partial charge in [0.2, 0.25) is 11.2 Å². The van der Waals surface area contributed by atoms with E-state index in [2.05, 4.69) is 0 Å². The van der Waals surface area contributed by atoms with Crippen molar-refractivity contribution in [1.29, 1.82) is 0 Å². The standard InChI is InChI=1S/C20H16O9/c21-9-4-11(22)10-6-14(25)20(29-15(10)5-9)8-1-7-2-13(24)18(27)19(28)16(7)17(26)12(23)3-8/h1-5,14,20-22,24-25,27-28H,6H2,(H,23,26). The van der Waals surface area contributed by atoms with Crippen LogP contribution in [0, 0.1) is 0 Å². The van der Waals surface area contributed by atoms with Gasteiger partial charge in [-0.2, -0.15) is 0 Å². The van der Waals surface area contributed by atoms with Crippen molar-refractivity contribution in [2.75, 3.05) is 0 Å². The lowest BCUT2D eigenvalue weighted by Crippen LogP contribution is -2.30. The minimum absolute atomic E-state index is 0.00718. The van der Waals surface area contributed by atoms with E-state index in [0.29, 0.717) is 0 Å². The highest BCUT2D eigenvalue weighted by molar-refractivity contribution is 5.96. The van der Waals surface area contributed by atoms with Gasteiger partial charge < -0.3 is 40.5 Å². The van der Waals surface area contributed by atoms with Crippen molar-refractivity contribution >= 4 is 10.8 Å². The van der Waals surface area contributed by atoms with Crippen LogP contribution in [0.5, 0.6) is 40.2 Å². The topological polar surface area (TPSA) is 168 Å². The van der Waals surface area contributed by atoms with Crippen LogP contribution in [0.4, 0.5) is 0 Å². The van der Waals surface area contributed by atoms with Gasteiger partial charge in [-0.15, -0.1) is 0 Å². The molecule has 9 nitrogen and oxygen atoms in total. The Kier molecular flexibility index (Phi) is 4.05. The first-order valence-corrected chi connectivity index (χ1v) is 8.51. The molecule has 4 rings (SSSR count). The summed E-state index contributed by atoms with van der Waals surface area (Å²) in [6, 6.07) is 5.69. The van der Waals surface area contributed by atoms with E-state index in [1.165, 1.54) is 12.1 Å². The van der Waals surface area contributed by atoms with E-state index >= 15 is 0 Å². The molecule has 3 aromatic carbocycles. The first-order valence-electron chi connectivity index (χ1n) is 8.51. The van der Waals surface area contributed by atoms with Gasteiger partial charge in [-0.25, -0.2) is 0 Å². The Morgan fingerprint density at radius 2 is 1.55 bits per heavy atom. The van der Waals surface area contributed by atoms with E-state index in [9.17, 15) is 40.5 Å². The van der Waals surface area contributed by atoms with E-state index in [4.69, 9.17) is 4.74 Å². The van der Waals surface area contributed by atoms with Crippen LogP contribution in [-0.2, 0) is 6.42 Å². The Morgan fingerprint density at radius 3 is 2.28 bits per heavy atom. The molecular formula is C20H16O9. The monoisotopic (exact) mass is 400 g/mol. The number of benzene rings is 2. The minimum Gasteiger partial charge on any atom is -0.508 e. The summed E-state index contributed by atoms with van der Waals surface area (Å²) in [5.74, 6) is -3.71. The SMILES string of the molecule is O=c1cc(C2Oc3cc(O)cc(O)c3CC2O)cc2cc(O)c(O)c(O)c2c1O. The summed E-state index contributed by atoms with van der Waals surface area (Å²) in [6.45, 7) is 0. The molecule has 0 bridgehead atoms. The number of ether oxygens (including phenoxy) is 1. The molecule has 0 saturated carbocycles. The second kappa shape index (κ2) is 6.35. The highest BCUT2D eigenvalue weighted by Crippen LogP contribution is 2.45. The van der Waals surface area contributed by atoms with Crippen LogP contribution in [0.25, 0.3) is 10.8 Å². The van der Waals surface area contributed by atoms with Gasteiger partial charge in [0.15, 0.2) is 17.2 Å². The molecule has 29 heavy (non-hydrogen) atoms. The number of aromatic hydroxyl groups is 6. The number of hydrogen-bond donors (Lipinski definition) is 7. The molecule has 7 N–H and O–H groups in total. The zero-order valence-corrected chi connectivity index (χ0v) is 14.7. The van der Waals surface area contributed by atoms with Gasteiger partial charge in [0.1, 0.15) is 23.4 Å². The first kappa shape index (κ1) is 18.5. The Morgan fingerprint density at radius 1 is 0.828 bits per heavy atom. The van der Waals surface area contributed by atoms with Crippen LogP contribution in [0.1, 0.15) is 17.2 Å². The molecule has 0 amide bonds. The fraction of sp³-hybridized carbons (Fsp3) is 0.150. The van der Waals surface area contributed by atoms with E-state index in [0.717, 1.165) is 18.2 Å². The Balaban J connectivity index is 1.94. The highest BCUT2D eigenvalue weighted by Gasteiger charge is 2.32. The number of fused-ring (bicyclic) bond motifs is 2. The van der Waals surface area contributed by atoms with Crippen LogP contribution in [0.2, 0.25) is 0 Å². The maximum Gasteiger partial charge on any atom is 0.221 e. The molecule has 9 heteroatoms. The Labute approximate surface area is 162 Å². The lowest BCUT2D eigenvalue weighted by Gasteiger charge is -2.31. The van der Waals surface area contributed by atoms with Crippen molar-refractivity contribution in [2.24, 2.45) is 0 Å². The summed E-state index contributed by atoms with van der Waals surface area (Å²) in [4.78, 5) is 12.4. The van der Waals surface area contributed by atoms with Gasteiger partial charge in [0.05, 0.1) is 11.5 Å². The second-order valence-electron chi connectivity index (χ2n) is 6.81. The minimum atomic E-state index is -1.20. The van der Waals surface area contributed by atoms with Crippen molar-refractivity contribution in [3.63, 3.8) is 0 Å². The average Bonchev–Trinajstić information content (AvgIpc) is 2.77. The molecule has 1 aliphatic heterocycles. The predicted molar refractivity (Wildman–Crippen MR) is 99.7 cm³/mol. The van der Waals surface area contributed by atoms with E-state index in [1.54, 1.807) is 0 Å². The molecule has 2 unspecified atom stereocenters. The van der Waals surface area contributed by atoms with Crippen LogP contribution in [-0.4, -0.2) is 41.8 Å². The molecule has 0 spiro atoms. The summed E-state index contributed by atoms with van der Waals surface area (Å²) in [5.41, 5.74) is -0.538. The van der Waals surface area contributed by atoms with E-state index < -0.39 is 40.6 Å². The summed E-state index contributed by atoms with van der Waals surface area (Å²) in [7, 11) is 0. The van der Waals surface area contributed by atoms with Crippen molar-refractivity contribution in [3.05, 3.63) is 51.7 Å². The van der Waals surface area contributed by atoms with Crippen LogP contribution < -0.4 is 10.2 Å². The lowest BCUT2D eigenvalue weighted by molar-refractivity contribution is 0.0198. The molecular weight excluding hydrogens is 384 g/mol. The fourth-order valence-corrected chi connectivity index (χ4v) is 3.50. The maximum atomic E-state index is 12.4. The number of phenolic OH excluding ortho intramolecular Hbond substituents is 5. The van der Waals surface area contributed by atoms with Gasteiger partial charge in [0.25, 0.3) is 0 Å². The molecule has 1 aliphatic rings. The lowest BCUT2D eigenvalue weighted by atomic mass is 9.94. The highest BCUT2D eigenvalue weighted by atomic mass is 16.5. The zero-order valence-electron chi connectivity index (χ0n) is 14.7. The number of hydrogen-bond acceptors (Lipinski definition) is 9. The quantitative estimate of drug-likeness (QED) is 0.299. The van der Waals surface area contributed by atoms with Gasteiger partial charge in [-0.1, -0.05) is 0 Å². The third-order valence-corrected chi connectivity index (χ3v) is 4.89. The second-order valence-corrected chi connectivity index (χ2v) is 6.81. The molecule has 0 aliphatic carbocycles. The molecule has 0 aromatic heterocycles. The number of aliphatic hydroxyl groups excluding tert-OH is 1. The van der Waals surface area contributed by atoms with Crippen molar-refractivity contribution in [3.8, 4) is 40.2 Å². The van der Waals surface area contributed by atoms with Crippen LogP contribution in [0.3, 0.4) is 0 Å². The van der Waals surface area contributed by atoms with Gasteiger partial charge in [0, 0.05) is 24.1 Å². The normalized spacial score (nSPS) is 18.2. The van der Waals surface area contributed by atoms with Crippen molar-refractivity contribution < 1.29 is 40.5 Å². The molecule has 0 saturated heterocycles. The summed E-state index contributed by atoms with van der Waals surface area (Å²) in [5, 5.41) is 69.5. The molecule has 150 valence electrons. The third-order valence-electron chi connectivity index (χ3n) is 4.89. The Hall–Kier alpha value is -3.85. The summed E-state index contributed by atoms with van der Waals surface area (Å²) < 4.78 is 5.70. The molecule has 2 atom stereocenters. The number of aliphatic hydroxyl groups is 1. The zero-order chi connectivity index (χ0) is 21.0. The van der Waals surface area contributed by atoms with Crippen LogP contribution in [0.15, 0.2) is 35.1 Å². The Bertz CT molecular complexity index is 1220. The summed E-state index contributed by atoms with van der Waals surface area (Å²) in [6.07, 6.45) is -2.36. The van der Waals surface area contributed by atoms with Crippen molar-refractivity contribution in [2.45, 2.75) is 18.6 Å². The maximum absolute atomic E-state index is 12.4. The first-order chi connectivity index (χ1) is 13.7. The molecule has 0 fully saturated rings. The van der Waals surface area contributed by atoms with Gasteiger partial charge in [-0.3, -0.25) is 4.79 Å². The van der Waals surface area contributed by atoms with E-state index in [1.807, 2.05) is 0 Å². The fourth-order valence-electron chi connectivity index (χ4n) is 3.50. The predicted octanol–water partition coefficient (Wildman–Crippen LogP) is 1.47. The number of rotatable bonds is 1. The van der Waals surface area contributed by atoms with Crippen molar-refractivity contribution in [1.82, 2.24) is 0 Å². The molecule has 0 radical (unpaired) electrons. The van der Waals surface area contributed by atoms with Gasteiger partial charge >= 0.3 is 0 Å². The smallest absolute Gasteiger partial charge is 0.221 e. The summed E-state index contributed by atoms with van der Waals surface area (Å²) >= 11 is 0. The molecule has 1 heterocycles. The molecule has 3 aromatic rings. The van der Waals surface area contributed by atoms with E-state index in [-0.39, 0.29) is 45.6 Å².